The molecule has 31 heavy (non-hydrogen) atoms. The van der Waals surface area contributed by atoms with Crippen molar-refractivity contribution in [1.82, 2.24) is 15.1 Å². The monoisotopic (exact) mass is 450 g/mol. The number of nitrogens with zero attached hydrogens (tertiary/aromatic N) is 3. The highest BCUT2D eigenvalue weighted by atomic mass is 32.1. The van der Waals surface area contributed by atoms with Crippen LogP contribution in [0.2, 0.25) is 0 Å². The average Bonchev–Trinajstić information content (AvgIpc) is 3.32. The van der Waals surface area contributed by atoms with Crippen LogP contribution < -0.4 is 10.6 Å². The highest BCUT2D eigenvalue weighted by molar-refractivity contribution is 7.65. The Morgan fingerprint density at radius 1 is 1.10 bits per heavy atom. The Labute approximate surface area is 182 Å². The van der Waals surface area contributed by atoms with Crippen LogP contribution in [0.5, 0.6) is 0 Å². The molecule has 0 bridgehead atoms. The zero-order chi connectivity index (χ0) is 21.8. The number of fused-ring (bicyclic) bond motifs is 2. The van der Waals surface area contributed by atoms with E-state index in [2.05, 4.69) is 20.4 Å². The van der Waals surface area contributed by atoms with Gasteiger partial charge in [0.05, 0.1) is 26.9 Å². The van der Waals surface area contributed by atoms with Gasteiger partial charge in [0.1, 0.15) is 5.76 Å². The first-order valence-corrected chi connectivity index (χ1v) is 12.6. The molecule has 7 nitrogen and oxygen atoms in total. The summed E-state index contributed by atoms with van der Waals surface area (Å²) < 4.78 is 19.3. The summed E-state index contributed by atoms with van der Waals surface area (Å²) in [7, 11) is -3.60. The van der Waals surface area contributed by atoms with Gasteiger partial charge in [0.15, 0.2) is 0 Å². The highest BCUT2D eigenvalue weighted by Gasteiger charge is 2.25. The standard InChI is InChI=1S/C22H19N4O3PS/c1-12-22(13(2)29-26-12)16-9-18-15(10-20(16)30(3,27)28)17(6-7-23-18)25-14-4-5-21-19(8-14)24-11-31-21/h4-11H,1-3H3,(H,23,25)(H,27,28). The number of rotatable bonds is 4. The van der Waals surface area contributed by atoms with Crippen LogP contribution in [0.4, 0.5) is 11.4 Å². The molecule has 2 aromatic carbocycles. The molecule has 1 unspecified atom stereocenters. The molecule has 0 radical (unpaired) electrons. The first kappa shape index (κ1) is 19.9. The van der Waals surface area contributed by atoms with E-state index in [0.29, 0.717) is 27.8 Å². The molecule has 0 aliphatic heterocycles. The summed E-state index contributed by atoms with van der Waals surface area (Å²) >= 11 is 1.59. The van der Waals surface area contributed by atoms with E-state index < -0.39 is 7.37 Å². The molecule has 5 rings (SSSR count). The number of benzene rings is 2. The molecule has 0 aliphatic rings. The zero-order valence-corrected chi connectivity index (χ0v) is 18.8. The molecule has 1 atom stereocenters. The summed E-state index contributed by atoms with van der Waals surface area (Å²) in [5, 5.41) is 8.51. The molecule has 3 aromatic heterocycles. The van der Waals surface area contributed by atoms with Crippen molar-refractivity contribution in [2.24, 2.45) is 0 Å². The van der Waals surface area contributed by atoms with Crippen LogP contribution in [0.25, 0.3) is 32.2 Å². The van der Waals surface area contributed by atoms with Crippen molar-refractivity contribution in [3.63, 3.8) is 0 Å². The Morgan fingerprint density at radius 3 is 2.68 bits per heavy atom. The van der Waals surface area contributed by atoms with Crippen molar-refractivity contribution in [2.75, 3.05) is 12.0 Å². The number of pyridine rings is 1. The lowest BCUT2D eigenvalue weighted by atomic mass is 10.0. The third-order valence-corrected chi connectivity index (χ3v) is 7.29. The van der Waals surface area contributed by atoms with E-state index in [-0.39, 0.29) is 0 Å². The van der Waals surface area contributed by atoms with E-state index in [1.807, 2.05) is 42.8 Å². The molecular formula is C22H19N4O3PS. The zero-order valence-electron chi connectivity index (χ0n) is 17.1. The van der Waals surface area contributed by atoms with Crippen LogP contribution in [-0.4, -0.2) is 26.7 Å². The van der Waals surface area contributed by atoms with Gasteiger partial charge in [0.2, 0.25) is 7.37 Å². The molecule has 0 amide bonds. The first-order chi connectivity index (χ1) is 14.8. The minimum absolute atomic E-state index is 0.348. The van der Waals surface area contributed by atoms with Gasteiger partial charge < -0.3 is 14.7 Å². The fourth-order valence-electron chi connectivity index (χ4n) is 3.79. The van der Waals surface area contributed by atoms with Crippen molar-refractivity contribution >= 4 is 56.5 Å². The van der Waals surface area contributed by atoms with Crippen molar-refractivity contribution in [2.45, 2.75) is 13.8 Å². The highest BCUT2D eigenvalue weighted by Crippen LogP contribution is 2.42. The molecule has 0 saturated carbocycles. The normalized spacial score (nSPS) is 13.5. The van der Waals surface area contributed by atoms with Crippen LogP contribution in [0.1, 0.15) is 11.5 Å². The van der Waals surface area contributed by atoms with Gasteiger partial charge in [-0.2, -0.15) is 0 Å². The predicted molar refractivity (Wildman–Crippen MR) is 125 cm³/mol. The van der Waals surface area contributed by atoms with Gasteiger partial charge in [-0.05, 0) is 50.2 Å². The van der Waals surface area contributed by atoms with Crippen LogP contribution in [0.3, 0.4) is 0 Å². The Hall–Kier alpha value is -3.06. The van der Waals surface area contributed by atoms with Crippen molar-refractivity contribution in [3.05, 3.63) is 59.6 Å². The Kier molecular flexibility index (Phi) is 4.66. The van der Waals surface area contributed by atoms with Crippen LogP contribution >= 0.6 is 18.7 Å². The van der Waals surface area contributed by atoms with Crippen LogP contribution in [0, 0.1) is 13.8 Å². The average molecular weight is 450 g/mol. The number of aryl methyl sites for hydroxylation is 2. The van der Waals surface area contributed by atoms with Gasteiger partial charge in [-0.25, -0.2) is 4.98 Å². The van der Waals surface area contributed by atoms with Crippen molar-refractivity contribution < 1.29 is 14.0 Å². The predicted octanol–water partition coefficient (Wildman–Crippen LogP) is 5.39. The Bertz CT molecular complexity index is 1480. The third kappa shape index (κ3) is 3.53. The van der Waals surface area contributed by atoms with Gasteiger partial charge >= 0.3 is 0 Å². The first-order valence-electron chi connectivity index (χ1n) is 9.58. The second-order valence-electron chi connectivity index (χ2n) is 7.48. The van der Waals surface area contributed by atoms with E-state index in [1.165, 1.54) is 6.66 Å². The quantitative estimate of drug-likeness (QED) is 0.354. The summed E-state index contributed by atoms with van der Waals surface area (Å²) in [6.45, 7) is 4.95. The maximum atomic E-state index is 12.8. The topological polar surface area (TPSA) is 101 Å². The second kappa shape index (κ2) is 7.27. The van der Waals surface area contributed by atoms with E-state index >= 15 is 0 Å². The summed E-state index contributed by atoms with van der Waals surface area (Å²) in [5.74, 6) is 0.595. The molecule has 0 aliphatic carbocycles. The maximum absolute atomic E-state index is 12.8. The molecule has 0 saturated heterocycles. The minimum atomic E-state index is -3.60. The number of hydrogen-bond donors (Lipinski definition) is 2. The number of nitrogens with one attached hydrogen (secondary N) is 1. The number of thiazole rings is 1. The lowest BCUT2D eigenvalue weighted by molar-refractivity contribution is 0.393. The summed E-state index contributed by atoms with van der Waals surface area (Å²) in [5.41, 5.74) is 7.12. The summed E-state index contributed by atoms with van der Waals surface area (Å²) in [4.78, 5) is 19.4. The van der Waals surface area contributed by atoms with Crippen LogP contribution in [-0.2, 0) is 4.57 Å². The summed E-state index contributed by atoms with van der Waals surface area (Å²) in [6.07, 6.45) is 1.72. The molecule has 3 heterocycles. The van der Waals surface area contributed by atoms with Crippen LogP contribution in [0.15, 0.2) is 52.6 Å². The second-order valence-corrected chi connectivity index (χ2v) is 10.6. The Morgan fingerprint density at radius 2 is 1.94 bits per heavy atom. The van der Waals surface area contributed by atoms with E-state index in [4.69, 9.17) is 4.52 Å². The molecule has 0 fully saturated rings. The van der Waals surface area contributed by atoms with Gasteiger partial charge in [-0.1, -0.05) is 5.16 Å². The molecule has 0 spiro atoms. The van der Waals surface area contributed by atoms with Gasteiger partial charge in [-0.15, -0.1) is 11.3 Å². The smallest absolute Gasteiger partial charge is 0.227 e. The van der Waals surface area contributed by atoms with Gasteiger partial charge in [-0.3, -0.25) is 9.55 Å². The Balaban J connectivity index is 1.70. The van der Waals surface area contributed by atoms with E-state index in [1.54, 1.807) is 30.5 Å². The minimum Gasteiger partial charge on any atom is -0.361 e. The molecule has 2 N–H and O–H groups in total. The SMILES string of the molecule is Cc1noc(C)c1-c1cc2nccc(Nc3ccc4scnc4c3)c2cc1P(C)(=O)O. The largest absolute Gasteiger partial charge is 0.361 e. The number of hydrogen-bond acceptors (Lipinski definition) is 7. The van der Waals surface area contributed by atoms with E-state index in [9.17, 15) is 9.46 Å². The number of anilines is 2. The molecule has 156 valence electrons. The molecule has 9 heteroatoms. The fourth-order valence-corrected chi connectivity index (χ4v) is 5.44. The lowest BCUT2D eigenvalue weighted by Crippen LogP contribution is -2.09. The third-order valence-electron chi connectivity index (χ3n) is 5.22. The van der Waals surface area contributed by atoms with E-state index in [0.717, 1.165) is 32.5 Å². The van der Waals surface area contributed by atoms with Gasteiger partial charge in [0, 0.05) is 46.1 Å². The molecule has 5 aromatic rings. The lowest BCUT2D eigenvalue weighted by Gasteiger charge is -2.16. The van der Waals surface area contributed by atoms with Crippen molar-refractivity contribution in [1.29, 1.82) is 0 Å². The fraction of sp³-hybridized carbons (Fsp3) is 0.136. The number of aromatic nitrogens is 3. The molecular weight excluding hydrogens is 431 g/mol. The van der Waals surface area contributed by atoms with Gasteiger partial charge in [0.25, 0.3) is 0 Å². The van der Waals surface area contributed by atoms with Crippen molar-refractivity contribution in [3.8, 4) is 11.1 Å². The maximum Gasteiger partial charge on any atom is 0.227 e. The summed E-state index contributed by atoms with van der Waals surface area (Å²) in [6, 6.07) is 11.4.